The van der Waals surface area contributed by atoms with Gasteiger partial charge in [0.25, 0.3) is 5.76 Å². The Morgan fingerprint density at radius 1 is 0.867 bits per heavy atom. The zero-order valence-corrected chi connectivity index (χ0v) is 25.5. The van der Waals surface area contributed by atoms with E-state index in [4.69, 9.17) is 23.4 Å². The summed E-state index contributed by atoms with van der Waals surface area (Å²) in [5.74, 6) is -2.56. The molecule has 1 aliphatic heterocycles. The minimum atomic E-state index is -5.06. The summed E-state index contributed by atoms with van der Waals surface area (Å²) in [5.41, 5.74) is 0.675. The van der Waals surface area contributed by atoms with Crippen LogP contribution in [0.3, 0.4) is 0 Å². The maximum atomic E-state index is 14.5. The first-order chi connectivity index (χ1) is 21.5. The molecule has 4 aromatic rings. The number of methoxy groups -OCH3 is 2. The molecule has 2 heterocycles. The van der Waals surface area contributed by atoms with Gasteiger partial charge in [0.15, 0.2) is 11.5 Å². The maximum absolute atomic E-state index is 14.5. The Labute approximate surface area is 258 Å². The standard InChI is InChI=1S/C34H34F3NO7/c1-20-9-11-23(17-21(20)2)43-31-29(39)24-12-14-26(44-33(40)22-10-13-27(41-3)28(18-22)42-4)25(19-38-15-7-5-6-8-16-38)30(24)45-32(31)34(35,36)37/h9-14,17-18H,5-8,15-16,19H2,1-4H3. The SMILES string of the molecule is COc1ccc(C(=O)Oc2ccc3c(=O)c(Oc4ccc(C)c(C)c4)c(C(F)(F)F)oc3c2CN2CCCCCC2)cc1OC. The van der Waals surface area contributed by atoms with Gasteiger partial charge < -0.3 is 23.4 Å². The summed E-state index contributed by atoms with van der Waals surface area (Å²) >= 11 is 0. The molecule has 1 saturated heterocycles. The number of nitrogens with zero attached hydrogens (tertiary/aromatic N) is 1. The summed E-state index contributed by atoms with van der Waals surface area (Å²) < 4.78 is 70.9. The smallest absolute Gasteiger partial charge is 0.453 e. The number of halogens is 3. The van der Waals surface area contributed by atoms with E-state index in [0.29, 0.717) is 24.6 Å². The Morgan fingerprint density at radius 2 is 1.56 bits per heavy atom. The molecule has 0 saturated carbocycles. The Kier molecular flexibility index (Phi) is 9.38. The van der Waals surface area contributed by atoms with Gasteiger partial charge >= 0.3 is 12.1 Å². The highest BCUT2D eigenvalue weighted by Gasteiger charge is 2.41. The molecule has 0 unspecified atom stereocenters. The van der Waals surface area contributed by atoms with Crippen molar-refractivity contribution in [2.45, 2.75) is 52.3 Å². The minimum Gasteiger partial charge on any atom is -0.493 e. The number of esters is 1. The van der Waals surface area contributed by atoms with Crippen molar-refractivity contribution in [3.8, 4) is 28.7 Å². The van der Waals surface area contributed by atoms with Gasteiger partial charge in [0.1, 0.15) is 17.1 Å². The predicted molar refractivity (Wildman–Crippen MR) is 162 cm³/mol. The molecule has 8 nitrogen and oxygen atoms in total. The molecular formula is C34H34F3NO7. The lowest BCUT2D eigenvalue weighted by Gasteiger charge is -2.22. The van der Waals surface area contributed by atoms with Crippen LogP contribution in [0, 0.1) is 13.8 Å². The van der Waals surface area contributed by atoms with Crippen LogP contribution in [0.25, 0.3) is 11.0 Å². The summed E-state index contributed by atoms with van der Waals surface area (Å²) in [6, 6.07) is 11.9. The summed E-state index contributed by atoms with van der Waals surface area (Å²) in [7, 11) is 2.88. The van der Waals surface area contributed by atoms with E-state index in [2.05, 4.69) is 4.90 Å². The van der Waals surface area contributed by atoms with Gasteiger partial charge in [0.2, 0.25) is 11.2 Å². The van der Waals surface area contributed by atoms with E-state index in [9.17, 15) is 22.8 Å². The van der Waals surface area contributed by atoms with Crippen molar-refractivity contribution in [3.05, 3.63) is 86.8 Å². The first kappa shape index (κ1) is 31.9. The fourth-order valence-corrected chi connectivity index (χ4v) is 5.34. The lowest BCUT2D eigenvalue weighted by atomic mass is 10.1. The molecule has 11 heteroatoms. The second-order valence-corrected chi connectivity index (χ2v) is 11.0. The van der Waals surface area contributed by atoms with Gasteiger partial charge in [-0.25, -0.2) is 4.79 Å². The monoisotopic (exact) mass is 625 g/mol. The zero-order chi connectivity index (χ0) is 32.3. The van der Waals surface area contributed by atoms with Gasteiger partial charge in [0, 0.05) is 6.54 Å². The van der Waals surface area contributed by atoms with Crippen LogP contribution in [-0.4, -0.2) is 38.2 Å². The van der Waals surface area contributed by atoms with Gasteiger partial charge in [-0.3, -0.25) is 9.69 Å². The Bertz CT molecular complexity index is 1770. The van der Waals surface area contributed by atoms with Crippen LogP contribution in [0.4, 0.5) is 13.2 Å². The van der Waals surface area contributed by atoms with Crippen molar-refractivity contribution >= 4 is 16.9 Å². The van der Waals surface area contributed by atoms with Crippen LogP contribution in [-0.2, 0) is 12.7 Å². The number of alkyl halides is 3. The molecule has 0 N–H and O–H groups in total. The number of benzene rings is 3. The topological polar surface area (TPSA) is 87.4 Å². The van der Waals surface area contributed by atoms with E-state index < -0.39 is 29.1 Å². The van der Waals surface area contributed by atoms with Crippen molar-refractivity contribution in [2.24, 2.45) is 0 Å². The van der Waals surface area contributed by atoms with E-state index in [0.717, 1.165) is 36.8 Å². The predicted octanol–water partition coefficient (Wildman–Crippen LogP) is 7.83. The molecule has 5 rings (SSSR count). The molecular weight excluding hydrogens is 591 g/mol. The molecule has 0 amide bonds. The third kappa shape index (κ3) is 6.93. The summed E-state index contributed by atoms with van der Waals surface area (Å²) in [4.78, 5) is 29.1. The van der Waals surface area contributed by atoms with Crippen molar-refractivity contribution in [1.29, 1.82) is 0 Å². The van der Waals surface area contributed by atoms with Crippen LogP contribution in [0.2, 0.25) is 0 Å². The quantitative estimate of drug-likeness (QED) is 0.145. The molecule has 1 aromatic heterocycles. The molecule has 0 atom stereocenters. The van der Waals surface area contributed by atoms with Gasteiger partial charge in [-0.05, 0) is 93.4 Å². The third-order valence-corrected chi connectivity index (χ3v) is 7.94. The fraction of sp³-hybridized carbons (Fsp3) is 0.353. The highest BCUT2D eigenvalue weighted by atomic mass is 19.4. The summed E-state index contributed by atoms with van der Waals surface area (Å²) in [5, 5.41) is -0.127. The van der Waals surface area contributed by atoms with Crippen molar-refractivity contribution < 1.29 is 41.3 Å². The van der Waals surface area contributed by atoms with Crippen LogP contribution in [0.15, 0.2) is 57.7 Å². The highest BCUT2D eigenvalue weighted by molar-refractivity contribution is 5.93. The van der Waals surface area contributed by atoms with Gasteiger partial charge in [-0.15, -0.1) is 0 Å². The molecule has 238 valence electrons. The Balaban J connectivity index is 1.65. The molecule has 3 aromatic carbocycles. The molecule has 0 aliphatic carbocycles. The minimum absolute atomic E-state index is 0.0226. The van der Waals surface area contributed by atoms with Gasteiger partial charge in [0.05, 0.1) is 30.7 Å². The second kappa shape index (κ2) is 13.2. The number of fused-ring (bicyclic) bond motifs is 1. The first-order valence-electron chi connectivity index (χ1n) is 14.6. The second-order valence-electron chi connectivity index (χ2n) is 11.0. The summed E-state index contributed by atoms with van der Waals surface area (Å²) in [6.45, 7) is 5.11. The average Bonchev–Trinajstić information content (AvgIpc) is 3.29. The fourth-order valence-electron chi connectivity index (χ4n) is 5.34. The lowest BCUT2D eigenvalue weighted by Crippen LogP contribution is -2.25. The molecule has 1 fully saturated rings. The maximum Gasteiger partial charge on any atom is 0.453 e. The van der Waals surface area contributed by atoms with Crippen LogP contribution >= 0.6 is 0 Å². The molecule has 0 spiro atoms. The number of carbonyl (C=O) groups excluding carboxylic acids is 1. The van der Waals surface area contributed by atoms with Gasteiger partial charge in [-0.2, -0.15) is 13.2 Å². The van der Waals surface area contributed by atoms with Crippen molar-refractivity contribution in [1.82, 2.24) is 4.90 Å². The first-order valence-corrected chi connectivity index (χ1v) is 14.6. The van der Waals surface area contributed by atoms with E-state index >= 15 is 0 Å². The lowest BCUT2D eigenvalue weighted by molar-refractivity contribution is -0.154. The largest absolute Gasteiger partial charge is 0.493 e. The van der Waals surface area contributed by atoms with Crippen molar-refractivity contribution in [2.75, 3.05) is 27.3 Å². The van der Waals surface area contributed by atoms with Crippen molar-refractivity contribution in [3.63, 3.8) is 0 Å². The molecule has 1 aliphatic rings. The number of aryl methyl sites for hydroxylation is 2. The number of rotatable bonds is 8. The number of hydrogen-bond acceptors (Lipinski definition) is 8. The Hall–Kier alpha value is -4.51. The van der Waals surface area contributed by atoms with Gasteiger partial charge in [-0.1, -0.05) is 18.9 Å². The van der Waals surface area contributed by atoms with Crippen LogP contribution in [0.1, 0.15) is 58.5 Å². The molecule has 45 heavy (non-hydrogen) atoms. The van der Waals surface area contributed by atoms with E-state index in [-0.39, 0.29) is 40.1 Å². The molecule has 0 radical (unpaired) electrons. The van der Waals surface area contributed by atoms with E-state index in [1.54, 1.807) is 25.1 Å². The van der Waals surface area contributed by atoms with Crippen LogP contribution < -0.4 is 24.4 Å². The zero-order valence-electron chi connectivity index (χ0n) is 25.5. The normalized spacial score (nSPS) is 14.2. The van der Waals surface area contributed by atoms with Crippen LogP contribution in [0.5, 0.6) is 28.7 Å². The highest BCUT2D eigenvalue weighted by Crippen LogP contribution is 2.41. The van der Waals surface area contributed by atoms with E-state index in [1.807, 2.05) is 6.92 Å². The number of hydrogen-bond donors (Lipinski definition) is 0. The number of likely N-dealkylation sites (tertiary alicyclic amines) is 1. The average molecular weight is 626 g/mol. The Morgan fingerprint density at radius 3 is 2.20 bits per heavy atom. The summed E-state index contributed by atoms with van der Waals surface area (Å²) in [6.07, 6.45) is -1.21. The third-order valence-electron chi connectivity index (χ3n) is 7.94. The number of ether oxygens (including phenoxy) is 4. The number of carbonyl (C=O) groups is 1. The molecule has 0 bridgehead atoms. The van der Waals surface area contributed by atoms with E-state index in [1.165, 1.54) is 44.6 Å².